The van der Waals surface area contributed by atoms with Crippen LogP contribution in [0, 0.1) is 0 Å². The molecule has 27 heavy (non-hydrogen) atoms. The monoisotopic (exact) mass is 386 g/mol. The quantitative estimate of drug-likeness (QED) is 0.409. The zero-order chi connectivity index (χ0) is 19.6. The van der Waals surface area contributed by atoms with E-state index >= 15 is 0 Å². The number of aliphatic hydroxyl groups excluding tert-OH is 5. The van der Waals surface area contributed by atoms with E-state index in [1.54, 1.807) is 0 Å². The van der Waals surface area contributed by atoms with Gasteiger partial charge < -0.3 is 44.5 Å². The smallest absolute Gasteiger partial charge is 0.187 e. The van der Waals surface area contributed by atoms with E-state index < -0.39 is 55.3 Å². The Morgan fingerprint density at radius 2 is 1.63 bits per heavy atom. The van der Waals surface area contributed by atoms with Crippen LogP contribution in [0.3, 0.4) is 0 Å². The molecule has 0 aliphatic carbocycles. The maximum absolute atomic E-state index is 10.3. The molecule has 3 rings (SSSR count). The second-order valence-corrected chi connectivity index (χ2v) is 6.84. The van der Waals surface area contributed by atoms with E-state index in [0.29, 0.717) is 0 Å². The van der Waals surface area contributed by atoms with Gasteiger partial charge in [-0.2, -0.15) is 0 Å². The highest BCUT2D eigenvalue weighted by atomic mass is 16.7. The summed E-state index contributed by atoms with van der Waals surface area (Å²) in [6, 6.07) is 9.30. The predicted octanol–water partition coefficient (Wildman–Crippen LogP) is -1.51. The summed E-state index contributed by atoms with van der Waals surface area (Å²) < 4.78 is 22.1. The number of rotatable bonds is 5. The molecule has 0 bridgehead atoms. The normalized spacial score (nSPS) is 42.8. The molecule has 5 N–H and O–H groups in total. The van der Waals surface area contributed by atoms with Crippen LogP contribution < -0.4 is 0 Å². The molecule has 2 heterocycles. The van der Waals surface area contributed by atoms with Gasteiger partial charge in [-0.05, 0) is 12.5 Å². The van der Waals surface area contributed by atoms with Crippen molar-refractivity contribution in [2.75, 3.05) is 6.61 Å². The van der Waals surface area contributed by atoms with Gasteiger partial charge in [-0.3, -0.25) is 0 Å². The van der Waals surface area contributed by atoms with E-state index in [1.807, 2.05) is 30.3 Å². The highest BCUT2D eigenvalue weighted by molar-refractivity contribution is 5.13. The van der Waals surface area contributed by atoms with Crippen molar-refractivity contribution in [3.8, 4) is 0 Å². The molecule has 9 heteroatoms. The minimum absolute atomic E-state index is 0.147. The number of ether oxygens (including phenoxy) is 4. The maximum Gasteiger partial charge on any atom is 0.187 e. The molecule has 1 aromatic carbocycles. The van der Waals surface area contributed by atoms with Crippen LogP contribution in [-0.4, -0.2) is 87.4 Å². The molecule has 2 aliphatic heterocycles. The Hall–Kier alpha value is -1.14. The fourth-order valence-electron chi connectivity index (χ4n) is 3.09. The van der Waals surface area contributed by atoms with Gasteiger partial charge in [-0.15, -0.1) is 0 Å². The molecule has 0 unspecified atom stereocenters. The Labute approximate surface area is 156 Å². The van der Waals surface area contributed by atoms with Crippen molar-refractivity contribution < 1.29 is 44.5 Å². The molecule has 9 atom stereocenters. The SMILES string of the molecule is C[C@H]1O[C@@H](O[C@H]2[C@H](OCc3ccccc3)OC[C@@H](O)[C@@H]2O)[C@H](O)[C@@H](O)[C@H]1O. The minimum Gasteiger partial charge on any atom is -0.388 e. The fraction of sp³-hybridized carbons (Fsp3) is 0.667. The third-order valence-electron chi connectivity index (χ3n) is 4.79. The first-order valence-electron chi connectivity index (χ1n) is 8.87. The van der Waals surface area contributed by atoms with Crippen molar-refractivity contribution in [2.45, 2.75) is 68.8 Å². The molecular formula is C18H26O9. The number of hydrogen-bond acceptors (Lipinski definition) is 9. The number of hydrogen-bond donors (Lipinski definition) is 5. The van der Waals surface area contributed by atoms with E-state index in [0.717, 1.165) is 5.56 Å². The van der Waals surface area contributed by atoms with Crippen LogP contribution in [0.1, 0.15) is 12.5 Å². The van der Waals surface area contributed by atoms with Crippen molar-refractivity contribution in [2.24, 2.45) is 0 Å². The van der Waals surface area contributed by atoms with Crippen molar-refractivity contribution in [1.29, 1.82) is 0 Å². The van der Waals surface area contributed by atoms with Crippen LogP contribution in [0.15, 0.2) is 30.3 Å². The molecule has 0 spiro atoms. The summed E-state index contributed by atoms with van der Waals surface area (Å²) in [5, 5.41) is 50.0. The molecule has 2 aliphatic rings. The third-order valence-corrected chi connectivity index (χ3v) is 4.79. The van der Waals surface area contributed by atoms with Gasteiger partial charge in [0.2, 0.25) is 0 Å². The summed E-state index contributed by atoms with van der Waals surface area (Å²) >= 11 is 0. The Morgan fingerprint density at radius 1 is 0.926 bits per heavy atom. The van der Waals surface area contributed by atoms with E-state index in [1.165, 1.54) is 6.92 Å². The predicted molar refractivity (Wildman–Crippen MR) is 90.2 cm³/mol. The van der Waals surface area contributed by atoms with Crippen molar-refractivity contribution in [3.63, 3.8) is 0 Å². The third kappa shape index (κ3) is 4.65. The Kier molecular flexibility index (Phi) is 6.79. The van der Waals surface area contributed by atoms with Gasteiger partial charge >= 0.3 is 0 Å². The molecule has 2 fully saturated rings. The second kappa shape index (κ2) is 8.91. The summed E-state index contributed by atoms with van der Waals surface area (Å²) in [6.45, 7) is 1.55. The minimum atomic E-state index is -1.54. The first-order chi connectivity index (χ1) is 12.9. The van der Waals surface area contributed by atoms with Gasteiger partial charge in [0.05, 0.1) is 19.3 Å². The Morgan fingerprint density at radius 3 is 2.33 bits per heavy atom. The van der Waals surface area contributed by atoms with E-state index in [4.69, 9.17) is 18.9 Å². The van der Waals surface area contributed by atoms with Crippen molar-refractivity contribution in [3.05, 3.63) is 35.9 Å². The number of benzene rings is 1. The van der Waals surface area contributed by atoms with Gasteiger partial charge in [0.15, 0.2) is 12.6 Å². The highest BCUT2D eigenvalue weighted by Crippen LogP contribution is 2.27. The van der Waals surface area contributed by atoms with Gasteiger partial charge in [0.1, 0.15) is 36.6 Å². The Bertz CT molecular complexity index is 585. The maximum atomic E-state index is 10.3. The first-order valence-corrected chi connectivity index (χ1v) is 8.87. The van der Waals surface area contributed by atoms with Crippen LogP contribution in [0.2, 0.25) is 0 Å². The van der Waals surface area contributed by atoms with Crippen molar-refractivity contribution in [1.82, 2.24) is 0 Å². The number of aliphatic hydroxyl groups is 5. The summed E-state index contributed by atoms with van der Waals surface area (Å²) in [5.74, 6) is 0. The topological polar surface area (TPSA) is 138 Å². The summed E-state index contributed by atoms with van der Waals surface area (Å²) in [7, 11) is 0. The fourth-order valence-corrected chi connectivity index (χ4v) is 3.09. The first kappa shape index (κ1) is 20.6. The molecule has 2 saturated heterocycles. The molecule has 0 amide bonds. The van der Waals surface area contributed by atoms with Gasteiger partial charge in [0, 0.05) is 0 Å². The molecule has 0 saturated carbocycles. The summed E-state index contributed by atoms with van der Waals surface area (Å²) in [4.78, 5) is 0. The molecule has 0 radical (unpaired) electrons. The van der Waals surface area contributed by atoms with Crippen LogP contribution >= 0.6 is 0 Å². The van der Waals surface area contributed by atoms with Crippen LogP contribution in [0.4, 0.5) is 0 Å². The zero-order valence-electron chi connectivity index (χ0n) is 14.9. The summed E-state index contributed by atoms with van der Waals surface area (Å²) in [5.41, 5.74) is 0.876. The molecule has 152 valence electrons. The average molecular weight is 386 g/mol. The van der Waals surface area contributed by atoms with Gasteiger partial charge in [-0.25, -0.2) is 0 Å². The lowest BCUT2D eigenvalue weighted by atomic mass is 9.99. The molecule has 1 aromatic rings. The molecule has 0 aromatic heterocycles. The lowest BCUT2D eigenvalue weighted by Gasteiger charge is -2.44. The van der Waals surface area contributed by atoms with Gasteiger partial charge in [-0.1, -0.05) is 30.3 Å². The van der Waals surface area contributed by atoms with Crippen molar-refractivity contribution >= 4 is 0 Å². The average Bonchev–Trinajstić information content (AvgIpc) is 2.68. The standard InChI is InChI=1S/C18H26O9/c1-9-12(20)14(22)15(23)17(26-9)27-16-13(21)11(19)8-25-18(16)24-7-10-5-3-2-4-6-10/h2-6,9,11-23H,7-8H2,1H3/t9-,11-,12+,13+,14+,15-,16-,17+,18-/m1/s1. The largest absolute Gasteiger partial charge is 0.388 e. The van der Waals surface area contributed by atoms with Crippen LogP contribution in [0.5, 0.6) is 0 Å². The zero-order valence-corrected chi connectivity index (χ0v) is 14.9. The van der Waals surface area contributed by atoms with Crippen LogP contribution in [-0.2, 0) is 25.6 Å². The Balaban J connectivity index is 1.68. The highest BCUT2D eigenvalue weighted by Gasteiger charge is 2.47. The van der Waals surface area contributed by atoms with E-state index in [9.17, 15) is 25.5 Å². The van der Waals surface area contributed by atoms with Gasteiger partial charge in [0.25, 0.3) is 0 Å². The van der Waals surface area contributed by atoms with E-state index in [2.05, 4.69) is 0 Å². The van der Waals surface area contributed by atoms with Crippen LogP contribution in [0.25, 0.3) is 0 Å². The lowest BCUT2D eigenvalue weighted by molar-refractivity contribution is -0.354. The van der Waals surface area contributed by atoms with E-state index in [-0.39, 0.29) is 13.2 Å². The molecule has 9 nitrogen and oxygen atoms in total. The second-order valence-electron chi connectivity index (χ2n) is 6.84. The lowest BCUT2D eigenvalue weighted by Crippen LogP contribution is -2.62. The molecular weight excluding hydrogens is 360 g/mol. The summed E-state index contributed by atoms with van der Waals surface area (Å²) in [6.07, 6.45) is -11.2.